The van der Waals surface area contributed by atoms with Gasteiger partial charge in [-0.2, -0.15) is 0 Å². The van der Waals surface area contributed by atoms with Crippen LogP contribution in [0.3, 0.4) is 0 Å². The van der Waals surface area contributed by atoms with E-state index < -0.39 is 0 Å². The van der Waals surface area contributed by atoms with Gasteiger partial charge < -0.3 is 0 Å². The van der Waals surface area contributed by atoms with Crippen molar-refractivity contribution in [2.24, 2.45) is 5.92 Å². The molecule has 1 saturated heterocycles. The first kappa shape index (κ1) is 12.8. The summed E-state index contributed by atoms with van der Waals surface area (Å²) in [5, 5.41) is 0. The molecule has 0 N–H and O–H groups in total. The topological polar surface area (TPSA) is 20.3 Å². The number of nitrogens with zero attached hydrogens (tertiary/aromatic N) is 1. The fourth-order valence-electron chi connectivity index (χ4n) is 2.52. The van der Waals surface area contributed by atoms with E-state index in [0.717, 1.165) is 16.6 Å². The zero-order chi connectivity index (χ0) is 12.4. The number of hydrogen-bond acceptors (Lipinski definition) is 2. The number of Topliss-reactive ketones (excluding diaryl/α,β-unsaturated/α-hetero) is 1. The molecule has 1 fully saturated rings. The van der Waals surface area contributed by atoms with Crippen molar-refractivity contribution in [3.8, 4) is 0 Å². The Morgan fingerprint density at radius 3 is 2.53 bits per heavy atom. The minimum absolute atomic E-state index is 0.221. The Morgan fingerprint density at radius 2 is 2.00 bits per heavy atom. The summed E-state index contributed by atoms with van der Waals surface area (Å²) in [5.41, 5.74) is 0.806. The molecule has 1 aromatic rings. The highest BCUT2D eigenvalue weighted by atomic mass is 79.9. The van der Waals surface area contributed by atoms with Gasteiger partial charge in [-0.15, -0.1) is 0 Å². The zero-order valence-corrected chi connectivity index (χ0v) is 11.9. The van der Waals surface area contributed by atoms with Crippen LogP contribution >= 0.6 is 15.9 Å². The first-order valence-electron chi connectivity index (χ1n) is 6.09. The second kappa shape index (κ2) is 5.32. The maximum atomic E-state index is 12.1. The van der Waals surface area contributed by atoms with Crippen LogP contribution in [-0.4, -0.2) is 29.8 Å². The molecule has 2 atom stereocenters. The van der Waals surface area contributed by atoms with Gasteiger partial charge in [0.05, 0.1) is 6.54 Å². The predicted octanol–water partition coefficient (Wildman–Crippen LogP) is 3.36. The number of carbonyl (C=O) groups is 1. The van der Waals surface area contributed by atoms with E-state index in [4.69, 9.17) is 0 Å². The van der Waals surface area contributed by atoms with Crippen molar-refractivity contribution in [3.63, 3.8) is 0 Å². The highest BCUT2D eigenvalue weighted by Crippen LogP contribution is 2.22. The van der Waals surface area contributed by atoms with Crippen molar-refractivity contribution >= 4 is 21.7 Å². The number of likely N-dealkylation sites (tertiary alicyclic amines) is 1. The van der Waals surface area contributed by atoms with E-state index in [0.29, 0.717) is 18.5 Å². The van der Waals surface area contributed by atoms with Crippen molar-refractivity contribution < 1.29 is 4.79 Å². The molecule has 0 radical (unpaired) electrons. The highest BCUT2D eigenvalue weighted by Gasteiger charge is 2.27. The fraction of sp³-hybridized carbons (Fsp3) is 0.500. The Kier molecular flexibility index (Phi) is 4.00. The third kappa shape index (κ3) is 3.17. The molecule has 0 saturated carbocycles. The molecule has 0 bridgehead atoms. The lowest BCUT2D eigenvalue weighted by Gasteiger charge is -2.19. The third-order valence-electron chi connectivity index (χ3n) is 3.43. The summed E-state index contributed by atoms with van der Waals surface area (Å²) in [6.45, 7) is 6.05. The first-order valence-corrected chi connectivity index (χ1v) is 6.88. The highest BCUT2D eigenvalue weighted by molar-refractivity contribution is 9.10. The van der Waals surface area contributed by atoms with Gasteiger partial charge in [0, 0.05) is 22.6 Å². The van der Waals surface area contributed by atoms with E-state index in [1.807, 2.05) is 24.3 Å². The molecule has 2 nitrogen and oxygen atoms in total. The minimum Gasteiger partial charge on any atom is -0.293 e. The molecule has 2 unspecified atom stereocenters. The van der Waals surface area contributed by atoms with Gasteiger partial charge in [-0.05, 0) is 31.4 Å². The second-order valence-corrected chi connectivity index (χ2v) is 5.97. The number of hydrogen-bond donors (Lipinski definition) is 0. The maximum absolute atomic E-state index is 12.1. The van der Waals surface area contributed by atoms with Crippen LogP contribution in [-0.2, 0) is 0 Å². The molecule has 0 aromatic heterocycles. The summed E-state index contributed by atoms with van der Waals surface area (Å²) >= 11 is 3.38. The summed E-state index contributed by atoms with van der Waals surface area (Å²) in [6.07, 6.45) is 1.20. The molecule has 0 aliphatic carbocycles. The van der Waals surface area contributed by atoms with Crippen molar-refractivity contribution in [2.75, 3.05) is 13.1 Å². The molecule has 0 amide bonds. The van der Waals surface area contributed by atoms with Crippen LogP contribution in [0.5, 0.6) is 0 Å². The van der Waals surface area contributed by atoms with Gasteiger partial charge >= 0.3 is 0 Å². The van der Waals surface area contributed by atoms with Crippen LogP contribution in [0.2, 0.25) is 0 Å². The molecule has 1 aliphatic heterocycles. The number of rotatable bonds is 3. The summed E-state index contributed by atoms with van der Waals surface area (Å²) in [6, 6.07) is 8.14. The summed E-state index contributed by atoms with van der Waals surface area (Å²) < 4.78 is 1.01. The Hall–Kier alpha value is -0.670. The summed E-state index contributed by atoms with van der Waals surface area (Å²) in [4.78, 5) is 14.4. The molecule has 1 heterocycles. The van der Waals surface area contributed by atoms with Crippen LogP contribution in [0.25, 0.3) is 0 Å². The van der Waals surface area contributed by atoms with Gasteiger partial charge in [0.2, 0.25) is 0 Å². The Balaban J connectivity index is 2.00. The normalized spacial score (nSPS) is 25.1. The quantitative estimate of drug-likeness (QED) is 0.797. The fourth-order valence-corrected chi connectivity index (χ4v) is 2.78. The van der Waals surface area contributed by atoms with Crippen molar-refractivity contribution in [2.45, 2.75) is 26.3 Å². The molecule has 2 rings (SSSR count). The Bertz CT molecular complexity index is 401. The van der Waals surface area contributed by atoms with E-state index in [1.165, 1.54) is 6.42 Å². The van der Waals surface area contributed by atoms with Crippen LogP contribution in [0.4, 0.5) is 0 Å². The summed E-state index contributed by atoms with van der Waals surface area (Å²) in [5.74, 6) is 0.932. The van der Waals surface area contributed by atoms with Crippen molar-refractivity contribution in [3.05, 3.63) is 34.3 Å². The zero-order valence-electron chi connectivity index (χ0n) is 10.3. The third-order valence-corrected chi connectivity index (χ3v) is 3.95. The molecular weight excluding hydrogens is 278 g/mol. The average molecular weight is 296 g/mol. The monoisotopic (exact) mass is 295 g/mol. The van der Waals surface area contributed by atoms with E-state index in [1.54, 1.807) is 0 Å². The average Bonchev–Trinajstić information content (AvgIpc) is 2.58. The van der Waals surface area contributed by atoms with Crippen molar-refractivity contribution in [1.82, 2.24) is 4.90 Å². The molecule has 1 aliphatic rings. The lowest BCUT2D eigenvalue weighted by Crippen LogP contribution is -2.32. The molecule has 0 spiro atoms. The summed E-state index contributed by atoms with van der Waals surface area (Å²) in [7, 11) is 0. The predicted molar refractivity (Wildman–Crippen MR) is 73.3 cm³/mol. The van der Waals surface area contributed by atoms with Crippen LogP contribution < -0.4 is 0 Å². The molecular formula is C14H18BrNO. The van der Waals surface area contributed by atoms with Gasteiger partial charge in [-0.1, -0.05) is 35.0 Å². The molecule has 3 heteroatoms. The van der Waals surface area contributed by atoms with E-state index >= 15 is 0 Å². The SMILES string of the molecule is CC1CC(C)N(CC(=O)c2ccc(Br)cc2)C1. The standard InChI is InChI=1S/C14H18BrNO/c1-10-7-11(2)16(8-10)9-14(17)12-3-5-13(15)6-4-12/h3-6,10-11H,7-9H2,1-2H3. The van der Waals surface area contributed by atoms with Gasteiger partial charge in [0.1, 0.15) is 0 Å². The smallest absolute Gasteiger partial charge is 0.176 e. The molecule has 17 heavy (non-hydrogen) atoms. The van der Waals surface area contributed by atoms with Crippen LogP contribution in [0, 0.1) is 5.92 Å². The maximum Gasteiger partial charge on any atom is 0.176 e. The molecule has 1 aromatic carbocycles. The van der Waals surface area contributed by atoms with Gasteiger partial charge in [-0.3, -0.25) is 9.69 Å². The lowest BCUT2D eigenvalue weighted by atomic mass is 10.1. The number of benzene rings is 1. The lowest BCUT2D eigenvalue weighted by molar-refractivity contribution is 0.0925. The second-order valence-electron chi connectivity index (χ2n) is 5.05. The van der Waals surface area contributed by atoms with Gasteiger partial charge in [0.15, 0.2) is 5.78 Å². The van der Waals surface area contributed by atoms with Gasteiger partial charge in [-0.25, -0.2) is 0 Å². The Labute approximate surface area is 111 Å². The largest absolute Gasteiger partial charge is 0.293 e. The van der Waals surface area contributed by atoms with Gasteiger partial charge in [0.25, 0.3) is 0 Å². The van der Waals surface area contributed by atoms with E-state index in [2.05, 4.69) is 34.7 Å². The Morgan fingerprint density at radius 1 is 1.35 bits per heavy atom. The van der Waals surface area contributed by atoms with E-state index in [9.17, 15) is 4.79 Å². The van der Waals surface area contributed by atoms with Crippen molar-refractivity contribution in [1.29, 1.82) is 0 Å². The van der Waals surface area contributed by atoms with Crippen LogP contribution in [0.15, 0.2) is 28.7 Å². The molecule has 92 valence electrons. The first-order chi connectivity index (χ1) is 8.06. The number of ketones is 1. The van der Waals surface area contributed by atoms with Crippen LogP contribution in [0.1, 0.15) is 30.6 Å². The number of carbonyl (C=O) groups excluding carboxylic acids is 1. The van der Waals surface area contributed by atoms with E-state index in [-0.39, 0.29) is 5.78 Å². The minimum atomic E-state index is 0.221. The number of halogens is 1.